The van der Waals surface area contributed by atoms with Crippen LogP contribution in [0.2, 0.25) is 0 Å². The first-order valence-electron chi connectivity index (χ1n) is 13.7. The number of hydrogen-bond acceptors (Lipinski definition) is 5. The van der Waals surface area contributed by atoms with Gasteiger partial charge in [0.2, 0.25) is 0 Å². The molecule has 0 saturated heterocycles. The van der Waals surface area contributed by atoms with E-state index in [9.17, 15) is 31.0 Å². The number of aromatic hydroxyl groups is 1. The summed E-state index contributed by atoms with van der Waals surface area (Å²) in [5, 5.41) is 11.0. The SMILES string of the molecule is Cc1cc(C)c(S(=O)(=O)O)c(CC2CCCCc3cc4cc(c3O)CCCCCCC4(S(=O)(=O)O)CC2)c1. The van der Waals surface area contributed by atoms with Crippen molar-refractivity contribution in [3.05, 3.63) is 57.6 Å². The molecule has 2 atom stereocenters. The molecule has 2 aliphatic rings. The van der Waals surface area contributed by atoms with Gasteiger partial charge < -0.3 is 5.11 Å². The average molecular weight is 565 g/mol. The highest BCUT2D eigenvalue weighted by molar-refractivity contribution is 7.86. The van der Waals surface area contributed by atoms with Crippen LogP contribution in [0.25, 0.3) is 0 Å². The van der Waals surface area contributed by atoms with Gasteiger partial charge in [-0.15, -0.1) is 0 Å². The van der Waals surface area contributed by atoms with E-state index in [1.54, 1.807) is 31.2 Å². The van der Waals surface area contributed by atoms with E-state index >= 15 is 0 Å². The molecule has 2 aromatic rings. The number of aryl methyl sites for hydroxylation is 4. The molecule has 9 heteroatoms. The first-order valence-corrected chi connectivity index (χ1v) is 16.6. The monoisotopic (exact) mass is 564 g/mol. The van der Waals surface area contributed by atoms with Crippen molar-refractivity contribution in [1.29, 1.82) is 0 Å². The number of fused-ring (bicyclic) bond motifs is 2. The maximum Gasteiger partial charge on any atom is 0.295 e. The van der Waals surface area contributed by atoms with Gasteiger partial charge in [-0.05, 0) is 98.9 Å². The predicted octanol–water partition coefficient (Wildman–Crippen LogP) is 6.21. The van der Waals surface area contributed by atoms with Gasteiger partial charge in [0.15, 0.2) is 0 Å². The quantitative estimate of drug-likeness (QED) is 0.377. The molecule has 7 nitrogen and oxygen atoms in total. The Kier molecular flexibility index (Phi) is 8.62. The van der Waals surface area contributed by atoms with E-state index in [4.69, 9.17) is 0 Å². The molecule has 2 unspecified atom stereocenters. The first kappa shape index (κ1) is 29.1. The standard InChI is InChI=1S/C29H40O7S2/c1-20-15-21(2)28(37(31,32)33)25(16-20)17-22-9-6-7-11-24-19-26-18-23(27(24)30)10-5-3-4-8-13-29(26,14-12-22)38(34,35)36/h15-16,18-19,22,30H,3-14,17H2,1-2H3,(H,31,32,33)(H,34,35,36). The molecule has 0 fully saturated rings. The highest BCUT2D eigenvalue weighted by Gasteiger charge is 2.45. The highest BCUT2D eigenvalue weighted by atomic mass is 32.2. The summed E-state index contributed by atoms with van der Waals surface area (Å²) < 4.78 is 70.1. The molecule has 0 saturated carbocycles. The zero-order valence-electron chi connectivity index (χ0n) is 22.4. The average Bonchev–Trinajstić information content (AvgIpc) is 2.82. The van der Waals surface area contributed by atoms with Crippen LogP contribution in [0.5, 0.6) is 5.75 Å². The number of phenolic OH excluding ortho intramolecular Hbond substituents is 1. The minimum Gasteiger partial charge on any atom is -0.507 e. The summed E-state index contributed by atoms with van der Waals surface area (Å²) in [6.07, 6.45) is 8.34. The van der Waals surface area contributed by atoms with E-state index in [1.165, 1.54) is 0 Å². The second-order valence-electron chi connectivity index (χ2n) is 11.4. The molecule has 0 radical (unpaired) electrons. The van der Waals surface area contributed by atoms with Crippen molar-refractivity contribution in [2.24, 2.45) is 5.92 Å². The van der Waals surface area contributed by atoms with Gasteiger partial charge in [-0.1, -0.05) is 61.9 Å². The molecule has 0 spiro atoms. The fourth-order valence-electron chi connectivity index (χ4n) is 6.71. The molecule has 4 rings (SSSR count). The van der Waals surface area contributed by atoms with E-state index in [1.807, 2.05) is 6.92 Å². The molecule has 2 aliphatic carbocycles. The van der Waals surface area contributed by atoms with Crippen LogP contribution in [-0.2, 0) is 44.2 Å². The molecule has 3 N–H and O–H groups in total. The molecule has 38 heavy (non-hydrogen) atoms. The molecule has 0 aromatic heterocycles. The van der Waals surface area contributed by atoms with E-state index in [0.29, 0.717) is 55.2 Å². The van der Waals surface area contributed by atoms with Crippen LogP contribution in [0, 0.1) is 19.8 Å². The summed E-state index contributed by atoms with van der Waals surface area (Å²) >= 11 is 0. The van der Waals surface area contributed by atoms with E-state index in [0.717, 1.165) is 55.2 Å². The van der Waals surface area contributed by atoms with Gasteiger partial charge in [-0.2, -0.15) is 16.8 Å². The van der Waals surface area contributed by atoms with E-state index < -0.39 is 25.0 Å². The van der Waals surface area contributed by atoms with Crippen molar-refractivity contribution in [2.75, 3.05) is 0 Å². The normalized spacial score (nSPS) is 23.5. The lowest BCUT2D eigenvalue weighted by Gasteiger charge is -2.34. The Morgan fingerprint density at radius 3 is 2.08 bits per heavy atom. The maximum absolute atomic E-state index is 13.2. The van der Waals surface area contributed by atoms with Crippen LogP contribution in [0.15, 0.2) is 29.2 Å². The Morgan fingerprint density at radius 1 is 0.816 bits per heavy atom. The Bertz CT molecular complexity index is 1400. The molecule has 210 valence electrons. The largest absolute Gasteiger partial charge is 0.507 e. The summed E-state index contributed by atoms with van der Waals surface area (Å²) in [7, 11) is -8.94. The van der Waals surface area contributed by atoms with Crippen LogP contribution in [0.3, 0.4) is 0 Å². The fourth-order valence-corrected chi connectivity index (χ4v) is 8.85. The topological polar surface area (TPSA) is 129 Å². The van der Waals surface area contributed by atoms with Crippen LogP contribution < -0.4 is 0 Å². The second kappa shape index (κ2) is 11.3. The van der Waals surface area contributed by atoms with Gasteiger partial charge in [0, 0.05) is 0 Å². The molecule has 0 heterocycles. The summed E-state index contributed by atoms with van der Waals surface area (Å²) in [5.74, 6) is 0.192. The van der Waals surface area contributed by atoms with Crippen molar-refractivity contribution in [3.63, 3.8) is 0 Å². The van der Waals surface area contributed by atoms with E-state index in [2.05, 4.69) is 0 Å². The summed E-state index contributed by atoms with van der Waals surface area (Å²) in [5.41, 5.74) is 3.94. The Hall–Kier alpha value is -1.94. The summed E-state index contributed by atoms with van der Waals surface area (Å²) in [6.45, 7) is 3.55. The van der Waals surface area contributed by atoms with Crippen molar-refractivity contribution in [3.8, 4) is 5.75 Å². The maximum atomic E-state index is 13.2. The third kappa shape index (κ3) is 6.11. The number of rotatable bonds is 4. The van der Waals surface area contributed by atoms with Gasteiger partial charge in [0.05, 0.1) is 4.90 Å². The predicted molar refractivity (Wildman–Crippen MR) is 148 cm³/mol. The van der Waals surface area contributed by atoms with Gasteiger partial charge in [0.1, 0.15) is 10.5 Å². The number of benzene rings is 2. The molecular weight excluding hydrogens is 524 g/mol. The van der Waals surface area contributed by atoms with Gasteiger partial charge in [0.25, 0.3) is 20.2 Å². The Labute approximate surface area is 227 Å². The molecule has 2 aromatic carbocycles. The smallest absolute Gasteiger partial charge is 0.295 e. The van der Waals surface area contributed by atoms with E-state index in [-0.39, 0.29) is 23.0 Å². The zero-order chi connectivity index (χ0) is 27.7. The van der Waals surface area contributed by atoms with Crippen LogP contribution in [-0.4, -0.2) is 31.0 Å². The first-order chi connectivity index (χ1) is 17.8. The molecule has 0 amide bonds. The lowest BCUT2D eigenvalue weighted by molar-refractivity contribution is 0.337. The minimum atomic E-state index is -4.51. The van der Waals surface area contributed by atoms with Gasteiger partial charge in [-0.25, -0.2) is 0 Å². The Balaban J connectivity index is 1.79. The number of phenols is 1. The Morgan fingerprint density at radius 2 is 1.45 bits per heavy atom. The van der Waals surface area contributed by atoms with Crippen LogP contribution in [0.4, 0.5) is 0 Å². The van der Waals surface area contributed by atoms with Crippen molar-refractivity contribution < 1.29 is 31.0 Å². The summed E-state index contributed by atoms with van der Waals surface area (Å²) in [4.78, 5) is -0.0678. The van der Waals surface area contributed by atoms with Crippen LogP contribution >= 0.6 is 0 Å². The third-order valence-corrected chi connectivity index (χ3v) is 11.3. The van der Waals surface area contributed by atoms with Crippen LogP contribution in [0.1, 0.15) is 97.6 Å². The second-order valence-corrected chi connectivity index (χ2v) is 14.5. The van der Waals surface area contributed by atoms with Crippen molar-refractivity contribution >= 4 is 20.2 Å². The highest BCUT2D eigenvalue weighted by Crippen LogP contribution is 2.45. The lowest BCUT2D eigenvalue weighted by Crippen LogP contribution is -2.37. The zero-order valence-corrected chi connectivity index (χ0v) is 24.0. The third-order valence-electron chi connectivity index (χ3n) is 8.59. The van der Waals surface area contributed by atoms with Crippen molar-refractivity contribution in [1.82, 2.24) is 0 Å². The van der Waals surface area contributed by atoms with Gasteiger partial charge in [-0.3, -0.25) is 9.11 Å². The molecular formula is C29H40O7S2. The lowest BCUT2D eigenvalue weighted by atomic mass is 9.81. The number of hydrogen-bond donors (Lipinski definition) is 3. The van der Waals surface area contributed by atoms with Crippen molar-refractivity contribution in [2.45, 2.75) is 107 Å². The fraction of sp³-hybridized carbons (Fsp3) is 0.586. The summed E-state index contributed by atoms with van der Waals surface area (Å²) in [6, 6.07) is 7.09. The molecule has 0 aliphatic heterocycles. The van der Waals surface area contributed by atoms with Gasteiger partial charge >= 0.3 is 0 Å². The minimum absolute atomic E-state index is 0.0460. The molecule has 3 bridgehead atoms.